The average Bonchev–Trinajstić information content (AvgIpc) is 3.23. The van der Waals surface area contributed by atoms with Crippen molar-refractivity contribution in [3.63, 3.8) is 0 Å². The van der Waals surface area contributed by atoms with Crippen LogP contribution in [0.5, 0.6) is 0 Å². The number of aromatic nitrogens is 1. The second kappa shape index (κ2) is 5.95. The summed E-state index contributed by atoms with van der Waals surface area (Å²) >= 11 is 3.30. The highest BCUT2D eigenvalue weighted by Crippen LogP contribution is 2.56. The van der Waals surface area contributed by atoms with Gasteiger partial charge >= 0.3 is 5.97 Å². The van der Waals surface area contributed by atoms with E-state index in [1.807, 2.05) is 5.38 Å². The molecule has 4 saturated carbocycles. The average molecular weight is 360 g/mol. The molecule has 24 heavy (non-hydrogen) atoms. The molecule has 0 N–H and O–H groups in total. The quantitative estimate of drug-likeness (QED) is 0.722. The maximum Gasteiger partial charge on any atom is 0.309 e. The van der Waals surface area contributed by atoms with Crippen molar-refractivity contribution in [3.05, 3.63) is 27.9 Å². The third-order valence-corrected chi connectivity index (χ3v) is 7.80. The molecule has 4 aliphatic carbocycles. The first-order valence-corrected chi connectivity index (χ1v) is 10.7. The smallest absolute Gasteiger partial charge is 0.309 e. The summed E-state index contributed by atoms with van der Waals surface area (Å²) in [6, 6.07) is 2.08. The molecule has 4 aliphatic rings. The highest BCUT2D eigenvalue weighted by Gasteiger charge is 2.51. The molecule has 4 fully saturated rings. The molecule has 0 atom stereocenters. The van der Waals surface area contributed by atoms with Crippen molar-refractivity contribution in [1.82, 2.24) is 4.98 Å². The van der Waals surface area contributed by atoms with Gasteiger partial charge in [-0.05, 0) is 67.2 Å². The van der Waals surface area contributed by atoms with Gasteiger partial charge in [0.05, 0.1) is 11.6 Å². The molecule has 2 aromatic heterocycles. The molecule has 0 saturated heterocycles. The molecule has 0 amide bonds. The van der Waals surface area contributed by atoms with E-state index in [-0.39, 0.29) is 11.9 Å². The second-order valence-electron chi connectivity index (χ2n) is 7.72. The van der Waals surface area contributed by atoms with Gasteiger partial charge in [-0.25, -0.2) is 4.98 Å². The minimum atomic E-state index is 0.0360. The van der Waals surface area contributed by atoms with Crippen molar-refractivity contribution in [2.24, 2.45) is 29.6 Å². The molecule has 0 radical (unpaired) electrons. The number of hydrogen-bond donors (Lipinski definition) is 0. The summed E-state index contributed by atoms with van der Waals surface area (Å²) < 4.78 is 5.69. The van der Waals surface area contributed by atoms with Gasteiger partial charge < -0.3 is 4.74 Å². The van der Waals surface area contributed by atoms with Gasteiger partial charge in [-0.3, -0.25) is 4.79 Å². The molecular formula is C19H21NO2S2. The second-order valence-corrected chi connectivity index (χ2v) is 9.36. The molecule has 2 aromatic rings. The van der Waals surface area contributed by atoms with Crippen LogP contribution in [0.4, 0.5) is 0 Å². The minimum absolute atomic E-state index is 0.0360. The lowest BCUT2D eigenvalue weighted by Crippen LogP contribution is -2.48. The maximum absolute atomic E-state index is 12.7. The van der Waals surface area contributed by atoms with Crippen LogP contribution in [0, 0.1) is 29.6 Å². The van der Waals surface area contributed by atoms with Crippen LogP contribution >= 0.6 is 22.7 Å². The van der Waals surface area contributed by atoms with Gasteiger partial charge in [0, 0.05) is 16.3 Å². The third-order valence-electron chi connectivity index (χ3n) is 6.18. The molecule has 5 heteroatoms. The normalized spacial score (nSPS) is 33.8. The molecular weight excluding hydrogens is 338 g/mol. The molecule has 6 rings (SSSR count). The summed E-state index contributed by atoms with van der Waals surface area (Å²) in [6.07, 6.45) is 6.44. The monoisotopic (exact) mass is 359 g/mol. The van der Waals surface area contributed by atoms with Gasteiger partial charge in [0.25, 0.3) is 0 Å². The lowest BCUT2D eigenvalue weighted by atomic mass is 9.52. The molecule has 0 unspecified atom stereocenters. The standard InChI is InChI=1S/C19H21NO2S2/c21-19(17-14-4-11-3-12(6-14)7-15(17)5-11)22-8-16-10-24-18(20-16)13-1-2-23-9-13/h1-2,9-12,14-15,17H,3-8H2. The van der Waals surface area contributed by atoms with Crippen LogP contribution in [-0.4, -0.2) is 11.0 Å². The van der Waals surface area contributed by atoms with E-state index in [4.69, 9.17) is 4.74 Å². The summed E-state index contributed by atoms with van der Waals surface area (Å²) in [6.45, 7) is 0.322. The van der Waals surface area contributed by atoms with Crippen molar-refractivity contribution in [2.45, 2.75) is 38.7 Å². The third kappa shape index (κ3) is 2.62. The number of thiophene rings is 1. The zero-order valence-electron chi connectivity index (χ0n) is 13.5. The number of ether oxygens (including phenoxy) is 1. The van der Waals surface area contributed by atoms with Crippen LogP contribution in [0.15, 0.2) is 22.2 Å². The fourth-order valence-electron chi connectivity index (χ4n) is 5.44. The summed E-state index contributed by atoms with van der Waals surface area (Å²) in [5.74, 6) is 3.16. The molecule has 126 valence electrons. The zero-order valence-corrected chi connectivity index (χ0v) is 15.2. The zero-order chi connectivity index (χ0) is 16.1. The van der Waals surface area contributed by atoms with Gasteiger partial charge in [-0.1, -0.05) is 0 Å². The predicted molar refractivity (Wildman–Crippen MR) is 95.8 cm³/mol. The van der Waals surface area contributed by atoms with Crippen LogP contribution in [0.2, 0.25) is 0 Å². The fourth-order valence-corrected chi connectivity index (χ4v) is 6.96. The lowest BCUT2D eigenvalue weighted by molar-refractivity contribution is -0.163. The van der Waals surface area contributed by atoms with E-state index in [0.29, 0.717) is 18.4 Å². The molecule has 3 nitrogen and oxygen atoms in total. The largest absolute Gasteiger partial charge is 0.459 e. The Labute approximate surface area is 150 Å². The molecule has 4 bridgehead atoms. The number of hydrogen-bond acceptors (Lipinski definition) is 5. The Morgan fingerprint density at radius 3 is 2.54 bits per heavy atom. The number of nitrogens with zero attached hydrogens (tertiary/aromatic N) is 1. The Balaban J connectivity index is 1.23. The van der Waals surface area contributed by atoms with Gasteiger partial charge in [-0.2, -0.15) is 11.3 Å². The molecule has 0 aromatic carbocycles. The topological polar surface area (TPSA) is 39.2 Å². The van der Waals surface area contributed by atoms with Gasteiger partial charge in [0.2, 0.25) is 0 Å². The summed E-state index contributed by atoms with van der Waals surface area (Å²) in [7, 11) is 0. The van der Waals surface area contributed by atoms with E-state index >= 15 is 0 Å². The van der Waals surface area contributed by atoms with E-state index in [1.165, 1.54) is 32.1 Å². The van der Waals surface area contributed by atoms with Crippen molar-refractivity contribution in [2.75, 3.05) is 0 Å². The van der Waals surface area contributed by atoms with Crippen molar-refractivity contribution in [1.29, 1.82) is 0 Å². The van der Waals surface area contributed by atoms with E-state index < -0.39 is 0 Å². The van der Waals surface area contributed by atoms with Crippen LogP contribution < -0.4 is 0 Å². The van der Waals surface area contributed by atoms with Gasteiger partial charge in [-0.15, -0.1) is 11.3 Å². The number of carbonyl (C=O) groups is 1. The SMILES string of the molecule is O=C(OCc1csc(-c2ccsc2)n1)C1C2CC3CC(C2)CC1C3. The number of esters is 1. The maximum atomic E-state index is 12.7. The van der Waals surface area contributed by atoms with E-state index in [9.17, 15) is 4.79 Å². The first kappa shape index (κ1) is 15.1. The van der Waals surface area contributed by atoms with Crippen LogP contribution in [0.25, 0.3) is 10.6 Å². The Bertz CT molecular complexity index is 708. The molecule has 0 aliphatic heterocycles. The van der Waals surface area contributed by atoms with Crippen molar-refractivity contribution >= 4 is 28.6 Å². The summed E-state index contributed by atoms with van der Waals surface area (Å²) in [4.78, 5) is 17.3. The Morgan fingerprint density at radius 1 is 1.12 bits per heavy atom. The van der Waals surface area contributed by atoms with E-state index in [2.05, 4.69) is 21.8 Å². The Hall–Kier alpha value is -1.20. The van der Waals surface area contributed by atoms with Crippen molar-refractivity contribution in [3.8, 4) is 10.6 Å². The van der Waals surface area contributed by atoms with Crippen molar-refractivity contribution < 1.29 is 9.53 Å². The first-order chi connectivity index (χ1) is 11.8. The van der Waals surface area contributed by atoms with E-state index in [0.717, 1.165) is 28.1 Å². The minimum Gasteiger partial charge on any atom is -0.459 e. The molecule has 0 spiro atoms. The number of rotatable bonds is 4. The summed E-state index contributed by atoms with van der Waals surface area (Å²) in [5.41, 5.74) is 2.03. The lowest BCUT2D eigenvalue weighted by Gasteiger charge is -2.53. The highest BCUT2D eigenvalue weighted by molar-refractivity contribution is 7.14. The van der Waals surface area contributed by atoms with Crippen LogP contribution in [0.3, 0.4) is 0 Å². The highest BCUT2D eigenvalue weighted by atomic mass is 32.1. The Kier molecular flexibility index (Phi) is 3.74. The van der Waals surface area contributed by atoms with Gasteiger partial charge in [0.1, 0.15) is 11.6 Å². The predicted octanol–water partition coefficient (Wildman–Crippen LogP) is 4.99. The summed E-state index contributed by atoms with van der Waals surface area (Å²) in [5, 5.41) is 7.18. The first-order valence-electron chi connectivity index (χ1n) is 8.90. The number of thiazole rings is 1. The Morgan fingerprint density at radius 2 is 1.88 bits per heavy atom. The fraction of sp³-hybridized carbons (Fsp3) is 0.579. The van der Waals surface area contributed by atoms with Crippen LogP contribution in [-0.2, 0) is 16.1 Å². The van der Waals surface area contributed by atoms with Gasteiger partial charge in [0.15, 0.2) is 0 Å². The van der Waals surface area contributed by atoms with E-state index in [1.54, 1.807) is 22.7 Å². The van der Waals surface area contributed by atoms with Crippen LogP contribution in [0.1, 0.15) is 37.8 Å². The number of carbonyl (C=O) groups excluding carboxylic acids is 1. The molecule has 2 heterocycles.